The number of hydrogen-bond donors (Lipinski definition) is 0. The molecule has 4 bridgehead atoms. The molecule has 6 rings (SSSR count). The maximum atomic E-state index is 12.2. The predicted octanol–water partition coefficient (Wildman–Crippen LogP) is 0.474. The lowest BCUT2D eigenvalue weighted by molar-refractivity contribution is -0.163. The second-order valence-corrected chi connectivity index (χ2v) is 5.40. The molecule has 5 aliphatic heterocycles. The molecule has 1 saturated carbocycles. The highest BCUT2D eigenvalue weighted by Crippen LogP contribution is 2.41. The molecule has 2 amide bonds. The lowest BCUT2D eigenvalue weighted by Gasteiger charge is -2.52. The van der Waals surface area contributed by atoms with Crippen molar-refractivity contribution in [1.29, 1.82) is 0 Å². The lowest BCUT2D eigenvalue weighted by Crippen LogP contribution is -2.64. The number of hydrogen-bond acceptors (Lipinski definition) is 2. The molecule has 88 valence electrons. The number of amides is 2. The summed E-state index contributed by atoms with van der Waals surface area (Å²) in [6, 6.07) is 0.305. The van der Waals surface area contributed by atoms with Crippen molar-refractivity contribution >= 4 is 11.8 Å². The highest BCUT2D eigenvalue weighted by molar-refractivity contribution is 5.87. The van der Waals surface area contributed by atoms with E-state index in [4.69, 9.17) is 0 Å². The van der Waals surface area contributed by atoms with E-state index in [-0.39, 0.29) is 35.7 Å². The van der Waals surface area contributed by atoms with Crippen molar-refractivity contribution in [2.75, 3.05) is 14.1 Å². The zero-order chi connectivity index (χ0) is 11.4. The van der Waals surface area contributed by atoms with Crippen molar-refractivity contribution < 1.29 is 9.59 Å². The van der Waals surface area contributed by atoms with Gasteiger partial charge in [-0.05, 0) is 25.7 Å². The average Bonchev–Trinajstić information content (AvgIpc) is 2.23. The summed E-state index contributed by atoms with van der Waals surface area (Å²) < 4.78 is 0. The van der Waals surface area contributed by atoms with E-state index in [1.807, 2.05) is 23.9 Å². The molecule has 6 aliphatic rings. The molecule has 6 fully saturated rings. The summed E-state index contributed by atoms with van der Waals surface area (Å²) in [6.07, 6.45) is 3.94. The predicted molar refractivity (Wildman–Crippen MR) is 58.6 cm³/mol. The molecule has 0 N–H and O–H groups in total. The summed E-state index contributed by atoms with van der Waals surface area (Å²) in [6.45, 7) is 0. The average molecular weight is 222 g/mol. The van der Waals surface area contributed by atoms with Gasteiger partial charge >= 0.3 is 0 Å². The Balaban J connectivity index is 2.06. The van der Waals surface area contributed by atoms with Gasteiger partial charge in [0.2, 0.25) is 11.8 Å². The Bertz CT molecular complexity index is 321. The molecule has 0 radical (unpaired) electrons. The van der Waals surface area contributed by atoms with Crippen molar-refractivity contribution in [2.24, 2.45) is 11.8 Å². The van der Waals surface area contributed by atoms with Gasteiger partial charge in [0.1, 0.15) is 0 Å². The van der Waals surface area contributed by atoms with Crippen molar-refractivity contribution in [3.63, 3.8) is 0 Å². The number of nitrogens with zero attached hydrogens (tertiary/aromatic N) is 2. The summed E-state index contributed by atoms with van der Waals surface area (Å²) in [5.74, 6) is 0.614. The van der Waals surface area contributed by atoms with E-state index in [0.29, 0.717) is 0 Å². The van der Waals surface area contributed by atoms with Gasteiger partial charge in [0.05, 0.1) is 11.8 Å². The van der Waals surface area contributed by atoms with E-state index in [0.717, 1.165) is 25.7 Å². The molecule has 5 heterocycles. The van der Waals surface area contributed by atoms with Crippen molar-refractivity contribution in [3.05, 3.63) is 0 Å². The molecule has 5 saturated heterocycles. The highest BCUT2D eigenvalue weighted by atomic mass is 16.2. The van der Waals surface area contributed by atoms with Gasteiger partial charge in [-0.15, -0.1) is 0 Å². The molecule has 0 aromatic heterocycles. The first-order valence-corrected chi connectivity index (χ1v) is 6.14. The van der Waals surface area contributed by atoms with E-state index in [1.54, 1.807) is 0 Å². The third-order valence-corrected chi connectivity index (χ3v) is 4.80. The molecule has 0 spiro atoms. The maximum absolute atomic E-state index is 12.2. The second kappa shape index (κ2) is 3.22. The summed E-state index contributed by atoms with van der Waals surface area (Å²) in [7, 11) is 3.74. The van der Waals surface area contributed by atoms with E-state index in [1.165, 1.54) is 0 Å². The first-order valence-electron chi connectivity index (χ1n) is 6.14. The topological polar surface area (TPSA) is 40.6 Å². The molecule has 0 aromatic carbocycles. The minimum atomic E-state index is 0.0523. The fourth-order valence-corrected chi connectivity index (χ4v) is 3.84. The molecule has 0 unspecified atom stereocenters. The number of carbonyl (C=O) groups excluding carboxylic acids is 2. The van der Waals surface area contributed by atoms with Gasteiger partial charge in [0, 0.05) is 26.2 Å². The highest BCUT2D eigenvalue weighted by Gasteiger charge is 2.51. The van der Waals surface area contributed by atoms with Crippen molar-refractivity contribution in [1.82, 2.24) is 9.80 Å². The van der Waals surface area contributed by atoms with Crippen molar-refractivity contribution in [3.8, 4) is 0 Å². The monoisotopic (exact) mass is 222 g/mol. The van der Waals surface area contributed by atoms with Crippen LogP contribution in [-0.4, -0.2) is 47.8 Å². The van der Waals surface area contributed by atoms with Crippen LogP contribution >= 0.6 is 0 Å². The second-order valence-electron chi connectivity index (χ2n) is 5.40. The lowest BCUT2D eigenvalue weighted by atomic mass is 9.71. The first kappa shape index (κ1) is 10.1. The minimum Gasteiger partial charge on any atom is -0.342 e. The van der Waals surface area contributed by atoms with E-state index >= 15 is 0 Å². The summed E-state index contributed by atoms with van der Waals surface area (Å²) in [5.41, 5.74) is 0. The van der Waals surface area contributed by atoms with Crippen molar-refractivity contribution in [2.45, 2.75) is 37.8 Å². The van der Waals surface area contributed by atoms with Gasteiger partial charge in [-0.3, -0.25) is 9.59 Å². The maximum Gasteiger partial charge on any atom is 0.227 e. The molecular formula is C12H18N2O2. The van der Waals surface area contributed by atoms with Gasteiger partial charge in [0.25, 0.3) is 0 Å². The number of rotatable bonds is 0. The Morgan fingerprint density at radius 2 is 1.19 bits per heavy atom. The summed E-state index contributed by atoms with van der Waals surface area (Å²) in [5, 5.41) is 0. The number of piperidine rings is 2. The van der Waals surface area contributed by atoms with Gasteiger partial charge < -0.3 is 9.80 Å². The van der Waals surface area contributed by atoms with Crippen LogP contribution in [0.4, 0.5) is 0 Å². The molecular weight excluding hydrogens is 204 g/mol. The van der Waals surface area contributed by atoms with E-state index in [9.17, 15) is 9.59 Å². The molecule has 4 nitrogen and oxygen atoms in total. The van der Waals surface area contributed by atoms with Crippen LogP contribution in [0, 0.1) is 11.8 Å². The third kappa shape index (κ3) is 1.10. The fourth-order valence-electron chi connectivity index (χ4n) is 3.84. The molecule has 4 heteroatoms. The SMILES string of the molecule is CN1C(=O)[C@@H]2CC[C@H]1[C@@H]1CC[C@@H]2N(C)C1=O. The van der Waals surface area contributed by atoms with Crippen LogP contribution in [0.5, 0.6) is 0 Å². The van der Waals surface area contributed by atoms with Crippen LogP contribution in [0.1, 0.15) is 25.7 Å². The van der Waals surface area contributed by atoms with E-state index in [2.05, 4.69) is 0 Å². The van der Waals surface area contributed by atoms with Crippen LogP contribution < -0.4 is 0 Å². The smallest absolute Gasteiger partial charge is 0.227 e. The quantitative estimate of drug-likeness (QED) is 0.598. The zero-order valence-corrected chi connectivity index (χ0v) is 9.85. The third-order valence-electron chi connectivity index (χ3n) is 4.80. The Morgan fingerprint density at radius 3 is 1.56 bits per heavy atom. The standard InChI is InChI=1S/C12H18N2O2/c1-13-9-5-3-8(11(13)15)10-6-4-7(9)12(16)14(10)2/h7-10H,3-6H2,1-2H3/t7-,8+,9-,10-/m0/s1. The fraction of sp³-hybridized carbons (Fsp3) is 0.833. The Hall–Kier alpha value is -1.06. The first-order chi connectivity index (χ1) is 7.61. The summed E-state index contributed by atoms with van der Waals surface area (Å²) in [4.78, 5) is 28.1. The zero-order valence-electron chi connectivity index (χ0n) is 9.85. The van der Waals surface area contributed by atoms with E-state index < -0.39 is 0 Å². The van der Waals surface area contributed by atoms with Gasteiger partial charge in [0.15, 0.2) is 0 Å². The summed E-state index contributed by atoms with van der Waals surface area (Å²) >= 11 is 0. The van der Waals surface area contributed by atoms with Gasteiger partial charge in [-0.1, -0.05) is 0 Å². The van der Waals surface area contributed by atoms with Gasteiger partial charge in [-0.25, -0.2) is 0 Å². The van der Waals surface area contributed by atoms with Crippen LogP contribution in [0.25, 0.3) is 0 Å². The number of carbonyl (C=O) groups is 2. The molecule has 16 heavy (non-hydrogen) atoms. The minimum absolute atomic E-state index is 0.0523. The molecule has 0 aromatic rings. The van der Waals surface area contributed by atoms with Crippen LogP contribution in [0.2, 0.25) is 0 Å². The molecule has 4 atom stereocenters. The largest absolute Gasteiger partial charge is 0.342 e. The normalized spacial score (nSPS) is 42.6. The Kier molecular flexibility index (Phi) is 2.03. The van der Waals surface area contributed by atoms with Crippen LogP contribution in [0.15, 0.2) is 0 Å². The van der Waals surface area contributed by atoms with Crippen LogP contribution in [0.3, 0.4) is 0 Å². The Morgan fingerprint density at radius 1 is 0.812 bits per heavy atom. The van der Waals surface area contributed by atoms with Gasteiger partial charge in [-0.2, -0.15) is 0 Å². The van der Waals surface area contributed by atoms with Crippen LogP contribution in [-0.2, 0) is 9.59 Å². The Labute approximate surface area is 95.6 Å². The molecule has 1 aliphatic carbocycles.